The summed E-state index contributed by atoms with van der Waals surface area (Å²) in [5.41, 5.74) is 0.464. The van der Waals surface area contributed by atoms with Crippen LogP contribution in [0.3, 0.4) is 0 Å². The summed E-state index contributed by atoms with van der Waals surface area (Å²) in [6.07, 6.45) is 0. The summed E-state index contributed by atoms with van der Waals surface area (Å²) in [7, 11) is 1.29. The second kappa shape index (κ2) is 4.86. The van der Waals surface area contributed by atoms with Crippen LogP contribution in [-0.2, 0) is 4.74 Å². The Morgan fingerprint density at radius 3 is 2.57 bits per heavy atom. The Hall–Kier alpha value is -2.04. The number of amidine groups is 1. The number of nitrogens with zero attached hydrogens (tertiary/aromatic N) is 1. The standard InChI is InChI=1S/C9H10N2O3/c1-14-9(11-13)10-8(12)7-5-3-2-4-6-7/h2-6,13H,1H3,(H,10,11,12). The molecule has 0 aromatic heterocycles. The molecule has 74 valence electrons. The molecule has 0 unspecified atom stereocenters. The third kappa shape index (κ3) is 2.48. The van der Waals surface area contributed by atoms with E-state index in [4.69, 9.17) is 5.21 Å². The van der Waals surface area contributed by atoms with Gasteiger partial charge in [0.15, 0.2) is 0 Å². The Balaban J connectivity index is 2.68. The zero-order chi connectivity index (χ0) is 10.4. The van der Waals surface area contributed by atoms with Crippen LogP contribution in [0, 0.1) is 0 Å². The minimum Gasteiger partial charge on any atom is -0.466 e. The molecule has 1 rings (SSSR count). The normalized spacial score (nSPS) is 10.8. The molecule has 0 aliphatic rings. The Morgan fingerprint density at radius 1 is 1.43 bits per heavy atom. The molecule has 0 aliphatic heterocycles. The smallest absolute Gasteiger partial charge is 0.330 e. The topological polar surface area (TPSA) is 70.9 Å². The van der Waals surface area contributed by atoms with E-state index in [9.17, 15) is 4.79 Å². The Morgan fingerprint density at radius 2 is 2.07 bits per heavy atom. The number of hydrogen-bond acceptors (Lipinski definition) is 4. The van der Waals surface area contributed by atoms with Gasteiger partial charge in [-0.05, 0) is 17.3 Å². The van der Waals surface area contributed by atoms with E-state index in [0.717, 1.165) is 0 Å². The second-order valence-electron chi connectivity index (χ2n) is 2.43. The van der Waals surface area contributed by atoms with E-state index in [1.807, 2.05) is 0 Å². The minimum atomic E-state index is -0.389. The van der Waals surface area contributed by atoms with Gasteiger partial charge in [0, 0.05) is 5.56 Å². The fourth-order valence-corrected chi connectivity index (χ4v) is 0.876. The fourth-order valence-electron chi connectivity index (χ4n) is 0.876. The molecule has 1 aromatic rings. The number of rotatable bonds is 1. The summed E-state index contributed by atoms with van der Waals surface area (Å²) in [6, 6.07) is 8.31. The van der Waals surface area contributed by atoms with Crippen molar-refractivity contribution in [3.8, 4) is 0 Å². The zero-order valence-electron chi connectivity index (χ0n) is 7.60. The first-order chi connectivity index (χ1) is 6.77. The molecule has 0 bridgehead atoms. The lowest BCUT2D eigenvalue weighted by atomic mass is 10.2. The SMILES string of the molecule is CO/C(=N\O)NC(=O)c1ccccc1. The summed E-state index contributed by atoms with van der Waals surface area (Å²) in [4.78, 5) is 11.4. The molecule has 1 amide bonds. The summed E-state index contributed by atoms with van der Waals surface area (Å²) >= 11 is 0. The molecule has 0 fully saturated rings. The predicted octanol–water partition coefficient (Wildman–Crippen LogP) is 0.808. The lowest BCUT2D eigenvalue weighted by Gasteiger charge is -2.04. The molecule has 5 heteroatoms. The molecule has 0 atom stereocenters. The summed E-state index contributed by atoms with van der Waals surface area (Å²) in [5, 5.41) is 13.4. The van der Waals surface area contributed by atoms with Crippen molar-refractivity contribution in [2.75, 3.05) is 7.11 Å². The van der Waals surface area contributed by atoms with E-state index in [0.29, 0.717) is 5.56 Å². The van der Waals surface area contributed by atoms with Crippen LogP contribution in [-0.4, -0.2) is 24.2 Å². The molecule has 0 saturated heterocycles. The number of methoxy groups -OCH3 is 1. The molecule has 0 saturated carbocycles. The molecule has 0 aliphatic carbocycles. The first kappa shape index (κ1) is 10.0. The van der Waals surface area contributed by atoms with Gasteiger partial charge in [0.1, 0.15) is 0 Å². The number of benzene rings is 1. The number of carbonyl (C=O) groups excluding carboxylic acids is 1. The van der Waals surface area contributed by atoms with E-state index in [2.05, 4.69) is 15.2 Å². The first-order valence-electron chi connectivity index (χ1n) is 3.90. The van der Waals surface area contributed by atoms with Gasteiger partial charge in [-0.3, -0.25) is 10.1 Å². The number of oxime groups is 1. The lowest BCUT2D eigenvalue weighted by molar-refractivity contribution is 0.0965. The summed E-state index contributed by atoms with van der Waals surface area (Å²) in [5.74, 6) is -0.389. The largest absolute Gasteiger partial charge is 0.466 e. The van der Waals surface area contributed by atoms with Gasteiger partial charge in [-0.25, -0.2) is 0 Å². The molecular formula is C9H10N2O3. The van der Waals surface area contributed by atoms with Crippen molar-refractivity contribution in [1.82, 2.24) is 5.32 Å². The Labute approximate surface area is 81.0 Å². The molecule has 1 aromatic carbocycles. The van der Waals surface area contributed by atoms with Crippen LogP contribution < -0.4 is 5.32 Å². The van der Waals surface area contributed by atoms with E-state index in [-0.39, 0.29) is 11.9 Å². The van der Waals surface area contributed by atoms with Crippen LogP contribution >= 0.6 is 0 Å². The van der Waals surface area contributed by atoms with E-state index in [1.54, 1.807) is 30.3 Å². The van der Waals surface area contributed by atoms with Gasteiger partial charge >= 0.3 is 6.02 Å². The zero-order valence-corrected chi connectivity index (χ0v) is 7.60. The Bertz CT molecular complexity index is 335. The number of ether oxygens (including phenoxy) is 1. The average Bonchev–Trinajstić information content (AvgIpc) is 2.26. The predicted molar refractivity (Wildman–Crippen MR) is 50.1 cm³/mol. The lowest BCUT2D eigenvalue weighted by Crippen LogP contribution is -2.31. The van der Waals surface area contributed by atoms with Crippen LogP contribution in [0.25, 0.3) is 0 Å². The second-order valence-corrected chi connectivity index (χ2v) is 2.43. The molecule has 5 nitrogen and oxygen atoms in total. The van der Waals surface area contributed by atoms with Crippen molar-refractivity contribution >= 4 is 11.9 Å². The van der Waals surface area contributed by atoms with Crippen molar-refractivity contribution in [3.63, 3.8) is 0 Å². The van der Waals surface area contributed by atoms with E-state index < -0.39 is 0 Å². The van der Waals surface area contributed by atoms with Gasteiger partial charge in [-0.15, -0.1) is 0 Å². The monoisotopic (exact) mass is 194 g/mol. The van der Waals surface area contributed by atoms with Crippen LogP contribution in [0.4, 0.5) is 0 Å². The van der Waals surface area contributed by atoms with Crippen molar-refractivity contribution in [3.05, 3.63) is 35.9 Å². The molecular weight excluding hydrogens is 184 g/mol. The van der Waals surface area contributed by atoms with Crippen molar-refractivity contribution in [2.45, 2.75) is 0 Å². The molecule has 0 spiro atoms. The fraction of sp³-hybridized carbons (Fsp3) is 0.111. The maximum atomic E-state index is 11.4. The molecule has 2 N–H and O–H groups in total. The van der Waals surface area contributed by atoms with Gasteiger partial charge in [0.05, 0.1) is 7.11 Å². The van der Waals surface area contributed by atoms with Gasteiger partial charge < -0.3 is 9.94 Å². The van der Waals surface area contributed by atoms with Crippen LogP contribution in [0.1, 0.15) is 10.4 Å². The highest BCUT2D eigenvalue weighted by atomic mass is 16.5. The number of hydrogen-bond donors (Lipinski definition) is 2. The quantitative estimate of drug-likeness (QED) is 0.301. The van der Waals surface area contributed by atoms with Gasteiger partial charge in [-0.2, -0.15) is 0 Å². The number of amides is 1. The van der Waals surface area contributed by atoms with Crippen LogP contribution in [0.15, 0.2) is 35.5 Å². The Kier molecular flexibility index (Phi) is 3.49. The highest BCUT2D eigenvalue weighted by Crippen LogP contribution is 1.97. The maximum Gasteiger partial charge on any atom is 0.330 e. The highest BCUT2D eigenvalue weighted by Gasteiger charge is 2.07. The van der Waals surface area contributed by atoms with Crippen molar-refractivity contribution in [1.29, 1.82) is 0 Å². The van der Waals surface area contributed by atoms with Gasteiger partial charge in [0.25, 0.3) is 5.91 Å². The van der Waals surface area contributed by atoms with E-state index >= 15 is 0 Å². The number of carbonyl (C=O) groups is 1. The summed E-state index contributed by atoms with van der Waals surface area (Å²) in [6.45, 7) is 0. The van der Waals surface area contributed by atoms with Gasteiger partial charge in [0.2, 0.25) is 0 Å². The third-order valence-corrected chi connectivity index (χ3v) is 1.54. The molecule has 0 heterocycles. The number of nitrogens with one attached hydrogen (secondary N) is 1. The maximum absolute atomic E-state index is 11.4. The summed E-state index contributed by atoms with van der Waals surface area (Å²) < 4.78 is 4.56. The van der Waals surface area contributed by atoms with E-state index in [1.165, 1.54) is 7.11 Å². The minimum absolute atomic E-state index is 0.237. The highest BCUT2D eigenvalue weighted by molar-refractivity contribution is 6.03. The first-order valence-corrected chi connectivity index (χ1v) is 3.90. The average molecular weight is 194 g/mol. The molecule has 0 radical (unpaired) electrons. The van der Waals surface area contributed by atoms with Gasteiger partial charge in [-0.1, -0.05) is 18.2 Å². The third-order valence-electron chi connectivity index (χ3n) is 1.54. The van der Waals surface area contributed by atoms with Crippen LogP contribution in [0.2, 0.25) is 0 Å². The van der Waals surface area contributed by atoms with Crippen molar-refractivity contribution in [2.24, 2.45) is 5.16 Å². The van der Waals surface area contributed by atoms with Crippen molar-refractivity contribution < 1.29 is 14.7 Å². The van der Waals surface area contributed by atoms with Crippen LogP contribution in [0.5, 0.6) is 0 Å². The molecule has 14 heavy (non-hydrogen) atoms.